The Bertz CT molecular complexity index is 2810. The Morgan fingerprint density at radius 1 is 0.611 bits per heavy atom. The summed E-state index contributed by atoms with van der Waals surface area (Å²) in [6, 6.07) is 45.4. The fourth-order valence-corrected chi connectivity index (χ4v) is 10.1. The van der Waals surface area contributed by atoms with E-state index < -0.39 is 66.8 Å². The van der Waals surface area contributed by atoms with Gasteiger partial charge in [-0.3, -0.25) is 24.1 Å². The van der Waals surface area contributed by atoms with E-state index in [1.54, 1.807) is 0 Å². The van der Waals surface area contributed by atoms with Crippen LogP contribution in [0.4, 0.5) is 0 Å². The van der Waals surface area contributed by atoms with Gasteiger partial charge in [0.15, 0.2) is 24.6 Å². The predicted octanol–water partition coefficient (Wildman–Crippen LogP) is 8.49. The van der Waals surface area contributed by atoms with Gasteiger partial charge in [-0.1, -0.05) is 140 Å². The third-order valence-corrected chi connectivity index (χ3v) is 13.3. The quantitative estimate of drug-likeness (QED) is 0.0386. The number of carbonyl (C=O) groups excluding carboxylic acids is 4. The van der Waals surface area contributed by atoms with Crippen LogP contribution < -0.4 is 5.32 Å². The van der Waals surface area contributed by atoms with Crippen molar-refractivity contribution in [2.75, 3.05) is 20.2 Å². The summed E-state index contributed by atoms with van der Waals surface area (Å²) in [6.45, 7) is 5.93. The molecule has 2 heterocycles. The first kappa shape index (κ1) is 51.8. The van der Waals surface area contributed by atoms with E-state index in [1.165, 1.54) is 54.8 Å². The number of benzene rings is 6. The second-order valence-corrected chi connectivity index (χ2v) is 18.8. The number of hydrogen-bond donors (Lipinski definition) is 2. The average Bonchev–Trinajstić information content (AvgIpc) is 3.36. The third kappa shape index (κ3) is 12.7. The molecule has 9 atom stereocenters. The van der Waals surface area contributed by atoms with Gasteiger partial charge in [-0.15, -0.1) is 0 Å². The Morgan fingerprint density at radius 2 is 1.17 bits per heavy atom. The van der Waals surface area contributed by atoms with Crippen LogP contribution in [0.2, 0.25) is 0 Å². The molecule has 376 valence electrons. The van der Waals surface area contributed by atoms with E-state index in [9.17, 15) is 24.3 Å². The molecule has 6 aromatic rings. The summed E-state index contributed by atoms with van der Waals surface area (Å²) in [5, 5.41) is 18.0. The van der Waals surface area contributed by atoms with Crippen molar-refractivity contribution >= 4 is 62.6 Å². The molecule has 2 aliphatic rings. The number of thiocarbonyl (C=S) groups is 1. The van der Waals surface area contributed by atoms with Crippen molar-refractivity contribution in [2.24, 2.45) is 0 Å². The van der Waals surface area contributed by atoms with Gasteiger partial charge in [0.25, 0.3) is 0 Å². The number of aliphatic hydroxyl groups is 1. The fourth-order valence-electron chi connectivity index (χ4n) is 9.82. The third-order valence-electron chi connectivity index (χ3n) is 13.0. The lowest BCUT2D eigenvalue weighted by atomic mass is 9.83. The minimum Gasteiger partial charge on any atom is -0.463 e. The van der Waals surface area contributed by atoms with Gasteiger partial charge >= 0.3 is 23.9 Å². The average molecular weight is 997 g/mol. The molecule has 8 rings (SSSR count). The Labute approximate surface area is 424 Å². The van der Waals surface area contributed by atoms with Crippen LogP contribution in [0.1, 0.15) is 85.8 Å². The van der Waals surface area contributed by atoms with Crippen LogP contribution in [0.5, 0.6) is 0 Å². The van der Waals surface area contributed by atoms with E-state index in [4.69, 9.17) is 45.4 Å². The number of rotatable bonds is 17. The fraction of sp³-hybridized carbons (Fsp3) is 0.351. The highest BCUT2D eigenvalue weighted by Crippen LogP contribution is 2.47. The number of nitrogens with one attached hydrogen (secondary N) is 1. The van der Waals surface area contributed by atoms with Crippen LogP contribution in [-0.4, -0.2) is 95.7 Å². The Balaban J connectivity index is 1.03. The van der Waals surface area contributed by atoms with Crippen LogP contribution in [-0.2, 0) is 72.0 Å². The van der Waals surface area contributed by atoms with Gasteiger partial charge in [0.2, 0.25) is 0 Å². The highest BCUT2D eigenvalue weighted by Gasteiger charge is 2.52. The van der Waals surface area contributed by atoms with E-state index in [1.807, 2.05) is 66.7 Å². The summed E-state index contributed by atoms with van der Waals surface area (Å²) < 4.78 is 42.4. The summed E-state index contributed by atoms with van der Waals surface area (Å²) >= 11 is 5.79. The molecule has 2 N–H and O–H groups in total. The van der Waals surface area contributed by atoms with Crippen molar-refractivity contribution < 1.29 is 57.4 Å². The maximum absolute atomic E-state index is 12.4. The molecule has 2 aliphatic heterocycles. The molecule has 2 fully saturated rings. The van der Waals surface area contributed by atoms with Crippen molar-refractivity contribution in [1.29, 1.82) is 0 Å². The number of fused-ring (bicyclic) bond motifs is 2. The maximum Gasteiger partial charge on any atom is 0.303 e. The first-order valence-electron chi connectivity index (χ1n) is 24.0. The first-order chi connectivity index (χ1) is 34.7. The lowest BCUT2D eigenvalue weighted by Crippen LogP contribution is -2.62. The largest absolute Gasteiger partial charge is 0.463 e. The van der Waals surface area contributed by atoms with Gasteiger partial charge in [-0.2, -0.15) is 0 Å². The van der Waals surface area contributed by atoms with E-state index in [2.05, 4.69) is 84.0 Å². The first-order valence-corrected chi connectivity index (χ1v) is 24.4. The van der Waals surface area contributed by atoms with E-state index in [0.29, 0.717) is 24.6 Å². The zero-order valence-corrected chi connectivity index (χ0v) is 41.8. The molecular weight excluding hydrogens is 937 g/mol. The highest BCUT2D eigenvalue weighted by atomic mass is 32.1. The van der Waals surface area contributed by atoms with Crippen molar-refractivity contribution in [3.63, 3.8) is 0 Å². The van der Waals surface area contributed by atoms with Crippen LogP contribution in [0.25, 0.3) is 21.5 Å². The normalized spacial score (nSPS) is 23.0. The number of nitrogens with zero attached hydrogens (tertiary/aromatic N) is 1. The van der Waals surface area contributed by atoms with Gasteiger partial charge in [-0.05, 0) is 62.5 Å². The molecule has 9 unspecified atom stereocenters. The maximum atomic E-state index is 12.4. The molecule has 6 aromatic carbocycles. The van der Waals surface area contributed by atoms with E-state index in [0.717, 1.165) is 27.8 Å². The monoisotopic (exact) mass is 996 g/mol. The summed E-state index contributed by atoms with van der Waals surface area (Å²) in [7, 11) is 2.14. The number of aliphatic hydroxyl groups excluding tert-OH is 1. The van der Waals surface area contributed by atoms with Gasteiger partial charge in [0, 0.05) is 65.2 Å². The minimum absolute atomic E-state index is 0.00601. The van der Waals surface area contributed by atoms with Gasteiger partial charge in [-0.25, -0.2) is 0 Å². The lowest BCUT2D eigenvalue weighted by Gasteiger charge is -2.44. The zero-order valence-electron chi connectivity index (χ0n) is 40.9. The molecule has 15 heteroatoms. The standard InChI is InChI=1S/C57H60N2O12S/c1-34(61)65-33-50-55(67-36(3)63)56(68-37(4)64)54(66-35(2)62)48(69-50)28-51(72)58-29-38-19-25-42(26-20-38)57-70-49(52(40-13-7-6-8-14-40)53(71-57)41-23-21-39(32-60)22-24-41)31-59(5)30-47-45-17-11-9-15-43(45)27-44-16-10-12-18-46(44)47/h6-27,48-50,52-57,60H,28-33H2,1-5H3,(H,58,72). The Hall–Kier alpha value is -6.59. The molecule has 0 amide bonds. The van der Waals surface area contributed by atoms with Crippen molar-refractivity contribution in [1.82, 2.24) is 10.2 Å². The van der Waals surface area contributed by atoms with Crippen LogP contribution >= 0.6 is 12.2 Å². The second kappa shape index (κ2) is 23.8. The van der Waals surface area contributed by atoms with Crippen LogP contribution in [0.3, 0.4) is 0 Å². The Morgan fingerprint density at radius 3 is 1.76 bits per heavy atom. The van der Waals surface area contributed by atoms with E-state index in [-0.39, 0.29) is 31.7 Å². The van der Waals surface area contributed by atoms with E-state index >= 15 is 0 Å². The van der Waals surface area contributed by atoms with Crippen molar-refractivity contribution in [3.8, 4) is 0 Å². The molecule has 2 saturated heterocycles. The topological polar surface area (TPSA) is 168 Å². The molecule has 0 radical (unpaired) electrons. The number of ether oxygens (including phenoxy) is 7. The summed E-state index contributed by atoms with van der Waals surface area (Å²) in [6.07, 6.45) is -7.31. The number of esters is 4. The molecule has 0 spiro atoms. The highest BCUT2D eigenvalue weighted by molar-refractivity contribution is 7.80. The Kier molecular flexibility index (Phi) is 17.1. The number of hydrogen-bond acceptors (Lipinski definition) is 14. The van der Waals surface area contributed by atoms with Crippen molar-refractivity contribution in [2.45, 2.75) is 109 Å². The van der Waals surface area contributed by atoms with Crippen molar-refractivity contribution in [3.05, 3.63) is 167 Å². The smallest absolute Gasteiger partial charge is 0.303 e. The molecule has 72 heavy (non-hydrogen) atoms. The van der Waals surface area contributed by atoms with Gasteiger partial charge < -0.3 is 43.6 Å². The SMILES string of the molecule is CC(=O)OCC1OC(CC(=S)NCc2ccc(C3OC(CN(C)Cc4c5ccccc5cc5ccccc45)C(c4ccccc4)C(c4ccc(CO)cc4)O3)cc2)C(OC(C)=O)C(OC(C)=O)C1OC(C)=O. The van der Waals surface area contributed by atoms with Gasteiger partial charge in [0.1, 0.15) is 18.8 Å². The number of likely N-dealkylation sites (N-methyl/N-ethyl adjacent to an activating group) is 1. The molecule has 0 saturated carbocycles. The number of carbonyl (C=O) groups is 4. The molecule has 0 bridgehead atoms. The molecular formula is C57H60N2O12S. The second-order valence-electron chi connectivity index (χ2n) is 18.4. The van der Waals surface area contributed by atoms with Gasteiger partial charge in [0.05, 0.1) is 23.8 Å². The summed E-state index contributed by atoms with van der Waals surface area (Å²) in [4.78, 5) is 51.4. The predicted molar refractivity (Wildman–Crippen MR) is 273 cm³/mol. The summed E-state index contributed by atoms with van der Waals surface area (Å²) in [5.41, 5.74) is 5.81. The molecule has 0 aliphatic carbocycles. The summed E-state index contributed by atoms with van der Waals surface area (Å²) in [5.74, 6) is -2.92. The zero-order chi connectivity index (χ0) is 50.9. The van der Waals surface area contributed by atoms with Crippen LogP contribution in [0.15, 0.2) is 133 Å². The molecule has 0 aromatic heterocycles. The van der Waals surface area contributed by atoms with Crippen LogP contribution in [0, 0.1) is 0 Å². The molecule has 14 nitrogen and oxygen atoms in total. The minimum atomic E-state index is -1.29. The lowest BCUT2D eigenvalue weighted by molar-refractivity contribution is -0.263.